The smallest absolute Gasteiger partial charge is 0.416 e. The Labute approximate surface area is 122 Å². The first-order chi connectivity index (χ1) is 9.43. The van der Waals surface area contributed by atoms with Gasteiger partial charge in [-0.1, -0.05) is 32.9 Å². The van der Waals surface area contributed by atoms with Crippen LogP contribution in [0.5, 0.6) is 0 Å². The highest BCUT2D eigenvalue weighted by Gasteiger charge is 2.36. The Morgan fingerprint density at radius 2 is 1.81 bits per heavy atom. The van der Waals surface area contributed by atoms with Gasteiger partial charge in [-0.05, 0) is 29.5 Å². The Kier molecular flexibility index (Phi) is 5.04. The molecule has 0 heterocycles. The zero-order valence-electron chi connectivity index (χ0n) is 12.5. The highest BCUT2D eigenvalue weighted by Crippen LogP contribution is 2.37. The fourth-order valence-electron chi connectivity index (χ4n) is 1.93. The number of benzene rings is 1. The van der Waals surface area contributed by atoms with Crippen LogP contribution < -0.4 is 5.32 Å². The second kappa shape index (κ2) is 6.05. The summed E-state index contributed by atoms with van der Waals surface area (Å²) < 4.78 is 39.1. The standard InChI is InChI=1S/C15H20F3NO2/c1-9(13(20)21)19-8-10-5-6-11(15(16,17)18)12(7-10)14(2,3)4/h5-7,9,19H,8H2,1-4H3,(H,20,21). The van der Waals surface area contributed by atoms with Gasteiger partial charge in [0.15, 0.2) is 0 Å². The Bertz CT molecular complexity index is 519. The van der Waals surface area contributed by atoms with Crippen LogP contribution in [0.2, 0.25) is 0 Å². The summed E-state index contributed by atoms with van der Waals surface area (Å²) in [5.74, 6) is -1.00. The van der Waals surface area contributed by atoms with Crippen molar-refractivity contribution in [2.45, 2.75) is 51.9 Å². The van der Waals surface area contributed by atoms with Gasteiger partial charge in [0.05, 0.1) is 5.56 Å². The number of carboxylic acids is 1. The SMILES string of the molecule is CC(NCc1ccc(C(F)(F)F)c(C(C)(C)C)c1)C(=O)O. The minimum absolute atomic E-state index is 0.203. The Balaban J connectivity index is 3.09. The lowest BCUT2D eigenvalue weighted by Crippen LogP contribution is -2.33. The molecule has 0 radical (unpaired) electrons. The fourth-order valence-corrected chi connectivity index (χ4v) is 1.93. The largest absolute Gasteiger partial charge is 0.480 e. The van der Waals surface area contributed by atoms with E-state index in [-0.39, 0.29) is 12.1 Å². The van der Waals surface area contributed by atoms with E-state index in [0.717, 1.165) is 6.07 Å². The summed E-state index contributed by atoms with van der Waals surface area (Å²) in [5.41, 5.74) is -0.470. The summed E-state index contributed by atoms with van der Waals surface area (Å²) in [5, 5.41) is 11.5. The van der Waals surface area contributed by atoms with Crippen molar-refractivity contribution in [1.29, 1.82) is 0 Å². The molecule has 6 heteroatoms. The van der Waals surface area contributed by atoms with E-state index in [2.05, 4.69) is 5.32 Å². The van der Waals surface area contributed by atoms with Crippen LogP contribution in [0.1, 0.15) is 44.4 Å². The first kappa shape index (κ1) is 17.5. The molecule has 0 spiro atoms. The van der Waals surface area contributed by atoms with Crippen LogP contribution in [0.3, 0.4) is 0 Å². The van der Waals surface area contributed by atoms with Gasteiger partial charge in [0.2, 0.25) is 0 Å². The van der Waals surface area contributed by atoms with Crippen molar-refractivity contribution in [3.63, 3.8) is 0 Å². The molecule has 1 atom stereocenters. The van der Waals surface area contributed by atoms with Gasteiger partial charge < -0.3 is 10.4 Å². The molecule has 1 unspecified atom stereocenters. The third-order valence-electron chi connectivity index (χ3n) is 3.18. The Hall–Kier alpha value is -1.56. The highest BCUT2D eigenvalue weighted by atomic mass is 19.4. The van der Waals surface area contributed by atoms with Gasteiger partial charge in [0.25, 0.3) is 0 Å². The minimum atomic E-state index is -4.40. The maximum absolute atomic E-state index is 13.0. The molecule has 3 nitrogen and oxygen atoms in total. The molecule has 1 aromatic carbocycles. The molecule has 0 aromatic heterocycles. The summed E-state index contributed by atoms with van der Waals surface area (Å²) in [4.78, 5) is 10.7. The third-order valence-corrected chi connectivity index (χ3v) is 3.18. The van der Waals surface area contributed by atoms with Gasteiger partial charge in [0, 0.05) is 6.54 Å². The molecule has 1 aromatic rings. The molecule has 118 valence electrons. The molecule has 0 saturated heterocycles. The van der Waals surface area contributed by atoms with Crippen LogP contribution in [0.25, 0.3) is 0 Å². The number of rotatable bonds is 4. The van der Waals surface area contributed by atoms with E-state index in [4.69, 9.17) is 5.11 Å². The quantitative estimate of drug-likeness (QED) is 0.894. The first-order valence-corrected chi connectivity index (χ1v) is 6.59. The van der Waals surface area contributed by atoms with Gasteiger partial charge in [-0.3, -0.25) is 4.79 Å². The summed E-state index contributed by atoms with van der Waals surface area (Å²) >= 11 is 0. The lowest BCUT2D eigenvalue weighted by atomic mass is 9.82. The normalized spacial score (nSPS) is 14.0. The van der Waals surface area contributed by atoms with E-state index in [1.54, 1.807) is 20.8 Å². The van der Waals surface area contributed by atoms with Crippen molar-refractivity contribution in [3.8, 4) is 0 Å². The molecule has 2 N–H and O–H groups in total. The van der Waals surface area contributed by atoms with E-state index in [9.17, 15) is 18.0 Å². The second-order valence-electron chi connectivity index (χ2n) is 6.07. The fraction of sp³-hybridized carbons (Fsp3) is 0.533. The molecule has 0 aliphatic carbocycles. The predicted octanol–water partition coefficient (Wildman–Crippen LogP) is 3.57. The second-order valence-corrected chi connectivity index (χ2v) is 6.07. The first-order valence-electron chi connectivity index (χ1n) is 6.59. The number of nitrogens with one attached hydrogen (secondary N) is 1. The minimum Gasteiger partial charge on any atom is -0.480 e. The molecule has 0 fully saturated rings. The van der Waals surface area contributed by atoms with Crippen molar-refractivity contribution in [2.75, 3.05) is 0 Å². The molecule has 1 rings (SSSR count). The van der Waals surface area contributed by atoms with Crippen LogP contribution in [0.15, 0.2) is 18.2 Å². The number of alkyl halides is 3. The lowest BCUT2D eigenvalue weighted by molar-refractivity contribution is -0.139. The van der Waals surface area contributed by atoms with Crippen molar-refractivity contribution < 1.29 is 23.1 Å². The number of halogens is 3. The van der Waals surface area contributed by atoms with Crippen molar-refractivity contribution in [2.24, 2.45) is 0 Å². The molecule has 0 aliphatic heterocycles. The molecular weight excluding hydrogens is 283 g/mol. The lowest BCUT2D eigenvalue weighted by Gasteiger charge is -2.25. The number of carboxylic acid groups (broad SMARTS) is 1. The highest BCUT2D eigenvalue weighted by molar-refractivity contribution is 5.72. The molecule has 0 bridgehead atoms. The van der Waals surface area contributed by atoms with Gasteiger partial charge in [0.1, 0.15) is 6.04 Å². The predicted molar refractivity (Wildman–Crippen MR) is 74.1 cm³/mol. The van der Waals surface area contributed by atoms with Crippen LogP contribution in [0, 0.1) is 0 Å². The maximum Gasteiger partial charge on any atom is 0.416 e. The number of hydrogen-bond acceptors (Lipinski definition) is 2. The van der Waals surface area contributed by atoms with E-state index in [1.807, 2.05) is 0 Å². The number of hydrogen-bond donors (Lipinski definition) is 2. The summed E-state index contributed by atoms with van der Waals surface area (Å²) in [6, 6.07) is 3.16. The number of aliphatic carboxylic acids is 1. The van der Waals surface area contributed by atoms with Crippen molar-refractivity contribution >= 4 is 5.97 Å². The number of carbonyl (C=O) groups is 1. The summed E-state index contributed by atoms with van der Waals surface area (Å²) in [6.45, 7) is 6.84. The zero-order valence-corrected chi connectivity index (χ0v) is 12.5. The zero-order chi connectivity index (χ0) is 16.4. The van der Waals surface area contributed by atoms with Gasteiger partial charge in [-0.15, -0.1) is 0 Å². The van der Waals surface area contributed by atoms with Gasteiger partial charge in [-0.25, -0.2) is 0 Å². The molecule has 0 aliphatic rings. The Morgan fingerprint density at radius 1 is 1.24 bits per heavy atom. The summed E-state index contributed by atoms with van der Waals surface area (Å²) in [7, 11) is 0. The van der Waals surface area contributed by atoms with Gasteiger partial charge in [-0.2, -0.15) is 13.2 Å². The van der Waals surface area contributed by atoms with Crippen LogP contribution in [-0.4, -0.2) is 17.1 Å². The average molecular weight is 303 g/mol. The van der Waals surface area contributed by atoms with Crippen molar-refractivity contribution in [1.82, 2.24) is 5.32 Å². The third kappa shape index (κ3) is 4.74. The molecular formula is C15H20F3NO2. The van der Waals surface area contributed by atoms with Crippen LogP contribution in [-0.2, 0) is 22.9 Å². The summed E-state index contributed by atoms with van der Waals surface area (Å²) in [6.07, 6.45) is -4.40. The van der Waals surface area contributed by atoms with Crippen molar-refractivity contribution in [3.05, 3.63) is 34.9 Å². The van der Waals surface area contributed by atoms with Crippen LogP contribution >= 0.6 is 0 Å². The van der Waals surface area contributed by atoms with E-state index < -0.39 is 29.2 Å². The van der Waals surface area contributed by atoms with Crippen LogP contribution in [0.4, 0.5) is 13.2 Å². The maximum atomic E-state index is 13.0. The monoisotopic (exact) mass is 303 g/mol. The average Bonchev–Trinajstić information content (AvgIpc) is 2.33. The molecule has 0 saturated carbocycles. The van der Waals surface area contributed by atoms with E-state index in [1.165, 1.54) is 19.1 Å². The van der Waals surface area contributed by atoms with Gasteiger partial charge >= 0.3 is 12.1 Å². The molecule has 0 amide bonds. The van der Waals surface area contributed by atoms with E-state index in [0.29, 0.717) is 5.56 Å². The Morgan fingerprint density at radius 3 is 2.24 bits per heavy atom. The molecule has 21 heavy (non-hydrogen) atoms. The topological polar surface area (TPSA) is 49.3 Å². The van der Waals surface area contributed by atoms with E-state index >= 15 is 0 Å².